The molecule has 0 saturated carbocycles. The van der Waals surface area contributed by atoms with Crippen LogP contribution in [0.4, 0.5) is 0 Å². The van der Waals surface area contributed by atoms with Gasteiger partial charge in [0, 0.05) is 5.39 Å². The molecule has 146 valence electrons. The van der Waals surface area contributed by atoms with E-state index in [2.05, 4.69) is 5.32 Å². The summed E-state index contributed by atoms with van der Waals surface area (Å²) in [4.78, 5) is 12.8. The molecule has 3 aromatic rings. The minimum atomic E-state index is -0.545. The van der Waals surface area contributed by atoms with Crippen molar-refractivity contribution >= 4 is 16.7 Å². The lowest BCUT2D eigenvalue weighted by atomic mass is 10.1. The fraction of sp³-hybridized carbons (Fsp3) is 0.292. The highest BCUT2D eigenvalue weighted by molar-refractivity contribution is 5.89. The molecule has 0 radical (unpaired) electrons. The first-order valence-corrected chi connectivity index (χ1v) is 9.80. The van der Waals surface area contributed by atoms with Gasteiger partial charge in [0.25, 0.3) is 5.91 Å². The zero-order valence-corrected chi connectivity index (χ0v) is 16.6. The predicted octanol–water partition coefficient (Wildman–Crippen LogP) is 5.27. The molecule has 0 aliphatic carbocycles. The molecule has 2 unspecified atom stereocenters. The van der Waals surface area contributed by atoms with Crippen molar-refractivity contribution in [1.29, 1.82) is 0 Å². The first-order chi connectivity index (χ1) is 13.6. The minimum Gasteiger partial charge on any atom is -0.494 e. The van der Waals surface area contributed by atoms with Gasteiger partial charge in [0.2, 0.25) is 0 Å². The third kappa shape index (κ3) is 4.63. The van der Waals surface area contributed by atoms with Gasteiger partial charge in [-0.05, 0) is 49.4 Å². The van der Waals surface area contributed by atoms with Gasteiger partial charge in [0.1, 0.15) is 11.5 Å². The number of amides is 1. The topological polar surface area (TPSA) is 47.6 Å². The smallest absolute Gasteiger partial charge is 0.261 e. The molecule has 0 saturated heterocycles. The predicted molar refractivity (Wildman–Crippen MR) is 113 cm³/mol. The highest BCUT2D eigenvalue weighted by Gasteiger charge is 2.21. The summed E-state index contributed by atoms with van der Waals surface area (Å²) in [7, 11) is 0. The standard InChI is InChI=1S/C24H27NO3/c1-4-22(28-23-12-8-10-19-9-6-7-11-21(19)23)24(26)25-17(3)18-13-15-20(16-14-18)27-5-2/h6-17,22H,4-5H2,1-3H3,(H,25,26). The summed E-state index contributed by atoms with van der Waals surface area (Å²) in [5, 5.41) is 5.17. The lowest BCUT2D eigenvalue weighted by Crippen LogP contribution is -2.39. The molecule has 0 spiro atoms. The Morgan fingerprint density at radius 2 is 1.68 bits per heavy atom. The summed E-state index contributed by atoms with van der Waals surface area (Å²) in [5.74, 6) is 1.45. The van der Waals surface area contributed by atoms with E-state index in [1.54, 1.807) is 0 Å². The second-order valence-corrected chi connectivity index (χ2v) is 6.72. The van der Waals surface area contributed by atoms with Crippen LogP contribution in [-0.4, -0.2) is 18.6 Å². The number of carbonyl (C=O) groups excluding carboxylic acids is 1. The number of fused-ring (bicyclic) bond motifs is 1. The third-order valence-corrected chi connectivity index (χ3v) is 4.73. The van der Waals surface area contributed by atoms with E-state index in [-0.39, 0.29) is 11.9 Å². The highest BCUT2D eigenvalue weighted by atomic mass is 16.5. The Morgan fingerprint density at radius 1 is 0.964 bits per heavy atom. The van der Waals surface area contributed by atoms with Gasteiger partial charge in [-0.25, -0.2) is 0 Å². The van der Waals surface area contributed by atoms with Gasteiger partial charge in [-0.2, -0.15) is 0 Å². The zero-order valence-electron chi connectivity index (χ0n) is 16.6. The number of ether oxygens (including phenoxy) is 2. The molecule has 0 bridgehead atoms. The van der Waals surface area contributed by atoms with Crippen LogP contribution in [0.15, 0.2) is 66.7 Å². The van der Waals surface area contributed by atoms with E-state index in [4.69, 9.17) is 9.47 Å². The van der Waals surface area contributed by atoms with Gasteiger partial charge in [0.15, 0.2) is 6.10 Å². The largest absolute Gasteiger partial charge is 0.494 e. The van der Waals surface area contributed by atoms with Gasteiger partial charge >= 0.3 is 0 Å². The van der Waals surface area contributed by atoms with Crippen LogP contribution in [0.5, 0.6) is 11.5 Å². The summed E-state index contributed by atoms with van der Waals surface area (Å²) in [6, 6.07) is 21.6. The van der Waals surface area contributed by atoms with E-state index in [9.17, 15) is 4.79 Å². The maximum Gasteiger partial charge on any atom is 0.261 e. The van der Waals surface area contributed by atoms with Gasteiger partial charge in [-0.3, -0.25) is 4.79 Å². The molecule has 4 nitrogen and oxygen atoms in total. The van der Waals surface area contributed by atoms with E-state index in [0.717, 1.165) is 27.8 Å². The van der Waals surface area contributed by atoms with Crippen molar-refractivity contribution in [3.63, 3.8) is 0 Å². The number of carbonyl (C=O) groups is 1. The zero-order chi connectivity index (χ0) is 19.9. The second-order valence-electron chi connectivity index (χ2n) is 6.72. The molecular formula is C24H27NO3. The van der Waals surface area contributed by atoms with Gasteiger partial charge in [0.05, 0.1) is 12.6 Å². The van der Waals surface area contributed by atoms with Crippen LogP contribution >= 0.6 is 0 Å². The van der Waals surface area contributed by atoms with Crippen molar-refractivity contribution in [3.8, 4) is 11.5 Å². The Balaban J connectivity index is 1.69. The van der Waals surface area contributed by atoms with E-state index in [1.807, 2.05) is 87.5 Å². The molecule has 2 atom stereocenters. The van der Waals surface area contributed by atoms with Crippen LogP contribution in [0.25, 0.3) is 10.8 Å². The maximum atomic E-state index is 12.8. The van der Waals surface area contributed by atoms with Gasteiger partial charge in [-0.1, -0.05) is 55.5 Å². The number of benzene rings is 3. The number of hydrogen-bond acceptors (Lipinski definition) is 3. The van der Waals surface area contributed by atoms with Crippen molar-refractivity contribution in [2.24, 2.45) is 0 Å². The summed E-state index contributed by atoms with van der Waals surface area (Å²) in [6.07, 6.45) is 0.0429. The summed E-state index contributed by atoms with van der Waals surface area (Å²) < 4.78 is 11.6. The molecule has 3 rings (SSSR count). The lowest BCUT2D eigenvalue weighted by Gasteiger charge is -2.21. The Hall–Kier alpha value is -3.01. The van der Waals surface area contributed by atoms with Gasteiger partial charge < -0.3 is 14.8 Å². The van der Waals surface area contributed by atoms with Crippen LogP contribution < -0.4 is 14.8 Å². The van der Waals surface area contributed by atoms with Crippen molar-refractivity contribution in [1.82, 2.24) is 5.32 Å². The molecule has 1 amide bonds. The van der Waals surface area contributed by atoms with Crippen molar-refractivity contribution in [3.05, 3.63) is 72.3 Å². The molecule has 0 fully saturated rings. The van der Waals surface area contributed by atoms with Gasteiger partial charge in [-0.15, -0.1) is 0 Å². The first-order valence-electron chi connectivity index (χ1n) is 9.80. The molecule has 0 aliphatic rings. The second kappa shape index (κ2) is 9.27. The molecule has 0 aromatic heterocycles. The molecular weight excluding hydrogens is 350 g/mol. The summed E-state index contributed by atoms with van der Waals surface area (Å²) >= 11 is 0. The lowest BCUT2D eigenvalue weighted by molar-refractivity contribution is -0.128. The third-order valence-electron chi connectivity index (χ3n) is 4.73. The number of hydrogen-bond donors (Lipinski definition) is 1. The van der Waals surface area contributed by atoms with Crippen LogP contribution in [0, 0.1) is 0 Å². The van der Waals surface area contributed by atoms with Crippen LogP contribution in [0.3, 0.4) is 0 Å². The van der Waals surface area contributed by atoms with Crippen LogP contribution in [0.1, 0.15) is 38.8 Å². The van der Waals surface area contributed by atoms with Crippen molar-refractivity contribution < 1.29 is 14.3 Å². The molecule has 3 aromatic carbocycles. The SMILES string of the molecule is CCOc1ccc(C(C)NC(=O)C(CC)Oc2cccc3ccccc23)cc1. The van der Waals surface area contributed by atoms with E-state index in [1.165, 1.54) is 0 Å². The number of rotatable bonds is 8. The average molecular weight is 377 g/mol. The molecule has 0 aliphatic heterocycles. The maximum absolute atomic E-state index is 12.8. The Bertz CT molecular complexity index is 915. The minimum absolute atomic E-state index is 0.114. The normalized spacial score (nSPS) is 13.0. The monoisotopic (exact) mass is 377 g/mol. The molecule has 28 heavy (non-hydrogen) atoms. The van der Waals surface area contributed by atoms with E-state index < -0.39 is 6.10 Å². The van der Waals surface area contributed by atoms with E-state index >= 15 is 0 Å². The summed E-state index contributed by atoms with van der Waals surface area (Å²) in [6.45, 7) is 6.52. The van der Waals surface area contributed by atoms with E-state index in [0.29, 0.717) is 13.0 Å². The highest BCUT2D eigenvalue weighted by Crippen LogP contribution is 2.27. The Labute approximate surface area is 166 Å². The molecule has 0 heterocycles. The first kappa shape index (κ1) is 19.7. The van der Waals surface area contributed by atoms with Crippen LogP contribution in [-0.2, 0) is 4.79 Å². The van der Waals surface area contributed by atoms with Crippen LogP contribution in [0.2, 0.25) is 0 Å². The quantitative estimate of drug-likeness (QED) is 0.581. The summed E-state index contributed by atoms with van der Waals surface area (Å²) in [5.41, 5.74) is 1.02. The number of nitrogens with one attached hydrogen (secondary N) is 1. The fourth-order valence-electron chi connectivity index (χ4n) is 3.18. The van der Waals surface area contributed by atoms with Crippen molar-refractivity contribution in [2.75, 3.05) is 6.61 Å². The fourth-order valence-corrected chi connectivity index (χ4v) is 3.18. The molecule has 4 heteroatoms. The Kier molecular flexibility index (Phi) is 6.53. The van der Waals surface area contributed by atoms with Crippen molar-refractivity contribution in [2.45, 2.75) is 39.3 Å². The Morgan fingerprint density at radius 3 is 2.39 bits per heavy atom. The molecule has 1 N–H and O–H groups in total. The average Bonchev–Trinajstić information content (AvgIpc) is 2.72.